The molecule has 0 aromatic rings. The van der Waals surface area contributed by atoms with Crippen molar-refractivity contribution in [2.75, 3.05) is 26.7 Å². The van der Waals surface area contributed by atoms with Crippen molar-refractivity contribution < 1.29 is 14.7 Å². The van der Waals surface area contributed by atoms with Crippen LogP contribution in [-0.2, 0) is 4.79 Å². The van der Waals surface area contributed by atoms with E-state index in [2.05, 4.69) is 29.5 Å². The number of carbonyl (C=O) groups is 2. The Bertz CT molecular complexity index is 392. The van der Waals surface area contributed by atoms with Gasteiger partial charge in [0.15, 0.2) is 0 Å². The van der Waals surface area contributed by atoms with Crippen molar-refractivity contribution in [1.29, 1.82) is 0 Å². The largest absolute Gasteiger partial charge is 0.481 e. The SMILES string of the molecule is CN1CCC(C)(CNC(=O)NC2CCC(C(=O)O)C2)CC1. The molecule has 2 amide bonds. The Labute approximate surface area is 126 Å². The second-order valence-electron chi connectivity index (χ2n) is 6.99. The Balaban J connectivity index is 1.69. The number of carbonyl (C=O) groups excluding carboxylic acids is 1. The van der Waals surface area contributed by atoms with Gasteiger partial charge in [-0.05, 0) is 57.7 Å². The molecular weight excluding hydrogens is 270 g/mol. The van der Waals surface area contributed by atoms with Gasteiger partial charge in [0.25, 0.3) is 0 Å². The number of urea groups is 1. The maximum atomic E-state index is 11.9. The summed E-state index contributed by atoms with van der Waals surface area (Å²) in [5.41, 5.74) is 0.170. The highest BCUT2D eigenvalue weighted by molar-refractivity contribution is 5.75. The highest BCUT2D eigenvalue weighted by Crippen LogP contribution is 2.29. The average molecular weight is 297 g/mol. The fourth-order valence-electron chi connectivity index (χ4n) is 3.20. The first-order chi connectivity index (χ1) is 9.88. The van der Waals surface area contributed by atoms with Gasteiger partial charge in [-0.25, -0.2) is 4.79 Å². The number of amides is 2. The predicted molar refractivity (Wildman–Crippen MR) is 80.1 cm³/mol. The zero-order valence-electron chi connectivity index (χ0n) is 13.0. The lowest BCUT2D eigenvalue weighted by atomic mass is 9.80. The van der Waals surface area contributed by atoms with E-state index in [1.807, 2.05) is 0 Å². The molecule has 2 rings (SSSR count). The highest BCUT2D eigenvalue weighted by Gasteiger charge is 2.32. The van der Waals surface area contributed by atoms with E-state index in [0.29, 0.717) is 19.4 Å². The van der Waals surface area contributed by atoms with Crippen LogP contribution < -0.4 is 10.6 Å². The summed E-state index contributed by atoms with van der Waals surface area (Å²) >= 11 is 0. The maximum absolute atomic E-state index is 11.9. The van der Waals surface area contributed by atoms with Crippen molar-refractivity contribution in [3.63, 3.8) is 0 Å². The fourth-order valence-corrected chi connectivity index (χ4v) is 3.20. The Morgan fingerprint density at radius 3 is 2.52 bits per heavy atom. The van der Waals surface area contributed by atoms with Crippen molar-refractivity contribution in [3.05, 3.63) is 0 Å². The highest BCUT2D eigenvalue weighted by atomic mass is 16.4. The molecule has 6 nitrogen and oxygen atoms in total. The summed E-state index contributed by atoms with van der Waals surface area (Å²) in [6.45, 7) is 5.05. The van der Waals surface area contributed by atoms with Crippen LogP contribution in [0.15, 0.2) is 0 Å². The van der Waals surface area contributed by atoms with E-state index in [4.69, 9.17) is 5.11 Å². The second-order valence-corrected chi connectivity index (χ2v) is 6.99. The van der Waals surface area contributed by atoms with Crippen molar-refractivity contribution in [2.45, 2.75) is 45.1 Å². The molecule has 3 N–H and O–H groups in total. The fraction of sp³-hybridized carbons (Fsp3) is 0.867. The Kier molecular flexibility index (Phi) is 5.08. The molecule has 2 fully saturated rings. The minimum absolute atomic E-state index is 0.00334. The molecule has 2 aliphatic rings. The molecule has 0 aromatic heterocycles. The quantitative estimate of drug-likeness (QED) is 0.730. The third-order valence-electron chi connectivity index (χ3n) is 4.99. The minimum atomic E-state index is -0.751. The number of nitrogens with one attached hydrogen (secondary N) is 2. The molecule has 21 heavy (non-hydrogen) atoms. The first-order valence-electron chi connectivity index (χ1n) is 7.84. The van der Waals surface area contributed by atoms with Gasteiger partial charge in [0.2, 0.25) is 0 Å². The molecule has 0 radical (unpaired) electrons. The van der Waals surface area contributed by atoms with Gasteiger partial charge in [0.1, 0.15) is 0 Å². The van der Waals surface area contributed by atoms with Crippen LogP contribution in [0.4, 0.5) is 4.79 Å². The van der Waals surface area contributed by atoms with E-state index >= 15 is 0 Å². The molecule has 1 heterocycles. The molecular formula is C15H27N3O3. The molecule has 1 aliphatic heterocycles. The lowest BCUT2D eigenvalue weighted by Crippen LogP contribution is -2.47. The lowest BCUT2D eigenvalue weighted by molar-refractivity contribution is -0.141. The first kappa shape index (κ1) is 16.1. The van der Waals surface area contributed by atoms with Gasteiger partial charge in [0.05, 0.1) is 5.92 Å². The van der Waals surface area contributed by atoms with Gasteiger partial charge in [-0.3, -0.25) is 4.79 Å². The molecule has 6 heteroatoms. The smallest absolute Gasteiger partial charge is 0.315 e. The Morgan fingerprint density at radius 1 is 1.29 bits per heavy atom. The number of nitrogens with zero attached hydrogens (tertiary/aromatic N) is 1. The number of hydrogen-bond donors (Lipinski definition) is 3. The van der Waals surface area contributed by atoms with E-state index in [9.17, 15) is 9.59 Å². The molecule has 0 aromatic carbocycles. The summed E-state index contributed by atoms with van der Waals surface area (Å²) < 4.78 is 0. The van der Waals surface area contributed by atoms with Gasteiger partial charge in [-0.15, -0.1) is 0 Å². The van der Waals surface area contributed by atoms with Gasteiger partial charge >= 0.3 is 12.0 Å². The standard InChI is InChI=1S/C15H27N3O3/c1-15(5-7-18(2)8-6-15)10-16-14(21)17-12-4-3-11(9-12)13(19)20/h11-12H,3-10H2,1-2H3,(H,19,20)(H2,16,17,21). The Morgan fingerprint density at radius 2 is 1.95 bits per heavy atom. The van der Waals surface area contributed by atoms with Crippen LogP contribution in [0.1, 0.15) is 39.0 Å². The van der Waals surface area contributed by atoms with Gasteiger partial charge < -0.3 is 20.6 Å². The summed E-state index contributed by atoms with van der Waals surface area (Å²) in [4.78, 5) is 25.2. The summed E-state index contributed by atoms with van der Waals surface area (Å²) in [5, 5.41) is 14.8. The second kappa shape index (κ2) is 6.64. The molecule has 2 atom stereocenters. The van der Waals surface area contributed by atoms with E-state index in [-0.39, 0.29) is 23.4 Å². The summed E-state index contributed by atoms with van der Waals surface area (Å²) in [6, 6.07) is -0.164. The third kappa shape index (κ3) is 4.59. The lowest BCUT2D eigenvalue weighted by Gasteiger charge is -2.38. The maximum Gasteiger partial charge on any atom is 0.315 e. The van der Waals surface area contributed by atoms with Crippen LogP contribution in [-0.4, -0.2) is 54.7 Å². The van der Waals surface area contributed by atoms with E-state index in [1.165, 1.54) is 0 Å². The van der Waals surface area contributed by atoms with E-state index in [1.54, 1.807) is 0 Å². The monoisotopic (exact) mass is 297 g/mol. The van der Waals surface area contributed by atoms with Gasteiger partial charge in [-0.2, -0.15) is 0 Å². The van der Waals surface area contributed by atoms with Crippen molar-refractivity contribution in [2.24, 2.45) is 11.3 Å². The van der Waals surface area contributed by atoms with Crippen LogP contribution in [0.3, 0.4) is 0 Å². The number of carboxylic acid groups (broad SMARTS) is 1. The predicted octanol–water partition coefficient (Wildman–Crippen LogP) is 1.27. The third-order valence-corrected chi connectivity index (χ3v) is 4.99. The molecule has 1 aliphatic carbocycles. The van der Waals surface area contributed by atoms with Crippen LogP contribution in [0, 0.1) is 11.3 Å². The van der Waals surface area contributed by atoms with Crippen LogP contribution in [0.25, 0.3) is 0 Å². The van der Waals surface area contributed by atoms with E-state index in [0.717, 1.165) is 32.4 Å². The zero-order valence-corrected chi connectivity index (χ0v) is 13.0. The van der Waals surface area contributed by atoms with Gasteiger partial charge in [-0.1, -0.05) is 6.92 Å². The van der Waals surface area contributed by atoms with Gasteiger partial charge in [0, 0.05) is 12.6 Å². The number of piperidine rings is 1. The van der Waals surface area contributed by atoms with Crippen molar-refractivity contribution >= 4 is 12.0 Å². The van der Waals surface area contributed by atoms with Crippen LogP contribution in [0.5, 0.6) is 0 Å². The number of rotatable bonds is 4. The summed E-state index contributed by atoms with van der Waals surface area (Å²) in [6.07, 6.45) is 4.14. The molecule has 1 saturated carbocycles. The minimum Gasteiger partial charge on any atom is -0.481 e. The summed E-state index contributed by atoms with van der Waals surface area (Å²) in [5.74, 6) is -1.06. The van der Waals surface area contributed by atoms with Crippen LogP contribution in [0.2, 0.25) is 0 Å². The van der Waals surface area contributed by atoms with E-state index < -0.39 is 5.97 Å². The molecule has 0 bridgehead atoms. The molecule has 0 spiro atoms. The molecule has 1 saturated heterocycles. The molecule has 120 valence electrons. The molecule has 2 unspecified atom stereocenters. The first-order valence-corrected chi connectivity index (χ1v) is 7.84. The van der Waals surface area contributed by atoms with Crippen LogP contribution >= 0.6 is 0 Å². The number of carboxylic acids is 1. The summed E-state index contributed by atoms with van der Waals surface area (Å²) in [7, 11) is 2.12. The Hall–Kier alpha value is -1.30. The number of likely N-dealkylation sites (tertiary alicyclic amines) is 1. The van der Waals surface area contributed by atoms with Crippen molar-refractivity contribution in [3.8, 4) is 0 Å². The average Bonchev–Trinajstić information content (AvgIpc) is 2.89. The topological polar surface area (TPSA) is 81.7 Å². The normalized spacial score (nSPS) is 29.0. The van der Waals surface area contributed by atoms with Crippen molar-refractivity contribution in [1.82, 2.24) is 15.5 Å². The number of aliphatic carboxylic acids is 1. The number of hydrogen-bond acceptors (Lipinski definition) is 3. The zero-order chi connectivity index (χ0) is 15.5.